The minimum absolute atomic E-state index is 0.0993. The van der Waals surface area contributed by atoms with Gasteiger partial charge in [-0.3, -0.25) is 14.0 Å². The summed E-state index contributed by atoms with van der Waals surface area (Å²) in [6.07, 6.45) is 5.45. The van der Waals surface area contributed by atoms with Crippen molar-refractivity contribution in [2.45, 2.75) is 57.8 Å². The zero-order chi connectivity index (χ0) is 34.1. The highest BCUT2D eigenvalue weighted by Crippen LogP contribution is 2.42. The minimum atomic E-state index is -0.118. The molecule has 0 bridgehead atoms. The Kier molecular flexibility index (Phi) is 9.69. The van der Waals surface area contributed by atoms with Crippen LogP contribution < -0.4 is 26.2 Å². The molecule has 1 aliphatic carbocycles. The third-order valence-electron chi connectivity index (χ3n) is 9.46. The van der Waals surface area contributed by atoms with E-state index in [1.165, 1.54) is 0 Å². The van der Waals surface area contributed by atoms with Gasteiger partial charge in [0.25, 0.3) is 5.56 Å². The number of carbonyl (C=O) groups is 1. The lowest BCUT2D eigenvalue weighted by Gasteiger charge is -2.33. The summed E-state index contributed by atoms with van der Waals surface area (Å²) in [5.41, 5.74) is 6.68. The number of hydrogen-bond acceptors (Lipinski definition) is 7. The van der Waals surface area contributed by atoms with Gasteiger partial charge in [0.2, 0.25) is 11.8 Å². The maximum absolute atomic E-state index is 12.9. The van der Waals surface area contributed by atoms with E-state index >= 15 is 0 Å². The van der Waals surface area contributed by atoms with Gasteiger partial charge >= 0.3 is 0 Å². The first-order valence-corrected chi connectivity index (χ1v) is 17.4. The van der Waals surface area contributed by atoms with Crippen molar-refractivity contribution in [1.29, 1.82) is 0 Å². The van der Waals surface area contributed by atoms with Gasteiger partial charge in [0.1, 0.15) is 5.65 Å². The molecule has 0 unspecified atom stereocenters. The van der Waals surface area contributed by atoms with Crippen molar-refractivity contribution in [1.82, 2.24) is 30.3 Å². The molecule has 49 heavy (non-hydrogen) atoms. The number of fused-ring (bicyclic) bond motifs is 1. The third-order valence-corrected chi connectivity index (χ3v) is 10.3. The van der Waals surface area contributed by atoms with Crippen molar-refractivity contribution in [2.75, 3.05) is 13.7 Å². The molecule has 11 heteroatoms. The highest BCUT2D eigenvalue weighted by atomic mass is 35.5. The number of methoxy groups -OCH3 is 1. The van der Waals surface area contributed by atoms with Gasteiger partial charge < -0.3 is 20.7 Å². The second kappa shape index (κ2) is 14.3. The first-order valence-electron chi connectivity index (χ1n) is 16.6. The Bertz CT molecular complexity index is 2090. The predicted octanol–water partition coefficient (Wildman–Crippen LogP) is 6.66. The molecule has 0 radical (unpaired) electrons. The highest BCUT2D eigenvalue weighted by Gasteiger charge is 2.25. The molecule has 1 saturated carbocycles. The van der Waals surface area contributed by atoms with E-state index in [-0.39, 0.29) is 17.5 Å². The number of nitrogens with one attached hydrogen (secondary N) is 3. The van der Waals surface area contributed by atoms with Crippen LogP contribution in [0.3, 0.4) is 0 Å². The minimum Gasteiger partial charge on any atom is -0.481 e. The lowest BCUT2D eigenvalue weighted by Crippen LogP contribution is -2.39. The molecular formula is C38H38Cl2N6O3. The van der Waals surface area contributed by atoms with Crippen LogP contribution in [0.5, 0.6) is 5.88 Å². The Balaban J connectivity index is 1.14. The molecule has 2 fully saturated rings. The largest absolute Gasteiger partial charge is 0.481 e. The van der Waals surface area contributed by atoms with E-state index in [0.717, 1.165) is 64.3 Å². The molecule has 3 aromatic heterocycles. The molecular weight excluding hydrogens is 659 g/mol. The van der Waals surface area contributed by atoms with Gasteiger partial charge in [-0.15, -0.1) is 0 Å². The lowest BCUT2D eigenvalue weighted by molar-refractivity contribution is -0.119. The van der Waals surface area contributed by atoms with Crippen LogP contribution in [0.1, 0.15) is 43.9 Å². The number of ether oxygens (including phenoxy) is 1. The number of benzene rings is 2. The highest BCUT2D eigenvalue weighted by molar-refractivity contribution is 6.39. The van der Waals surface area contributed by atoms with E-state index < -0.39 is 0 Å². The van der Waals surface area contributed by atoms with Crippen LogP contribution in [0.2, 0.25) is 10.0 Å². The van der Waals surface area contributed by atoms with E-state index in [0.29, 0.717) is 59.4 Å². The molecule has 5 aromatic rings. The van der Waals surface area contributed by atoms with Gasteiger partial charge in [0, 0.05) is 78.2 Å². The van der Waals surface area contributed by atoms with E-state index in [4.69, 9.17) is 37.9 Å². The Morgan fingerprint density at radius 1 is 0.918 bits per heavy atom. The molecule has 1 aliphatic heterocycles. The molecule has 1 amide bonds. The molecule has 4 heterocycles. The molecule has 1 saturated heterocycles. The van der Waals surface area contributed by atoms with Crippen LogP contribution in [0.15, 0.2) is 77.7 Å². The zero-order valence-electron chi connectivity index (χ0n) is 27.4. The first-order chi connectivity index (χ1) is 23.8. The van der Waals surface area contributed by atoms with Crippen molar-refractivity contribution >= 4 is 34.8 Å². The van der Waals surface area contributed by atoms with Crippen LogP contribution in [0.4, 0.5) is 0 Å². The molecule has 1 atom stereocenters. The molecule has 9 nitrogen and oxygen atoms in total. The van der Waals surface area contributed by atoms with Crippen molar-refractivity contribution in [3.8, 4) is 39.4 Å². The number of carbonyl (C=O) groups excluding carboxylic acids is 1. The second-order valence-corrected chi connectivity index (χ2v) is 13.8. The van der Waals surface area contributed by atoms with Crippen molar-refractivity contribution < 1.29 is 9.53 Å². The predicted molar refractivity (Wildman–Crippen MR) is 194 cm³/mol. The maximum Gasteiger partial charge on any atom is 0.258 e. The average Bonchev–Trinajstić information content (AvgIpc) is 3.51. The summed E-state index contributed by atoms with van der Waals surface area (Å²) in [5, 5.41) is 10.9. The topological polar surface area (TPSA) is 110 Å². The van der Waals surface area contributed by atoms with Crippen molar-refractivity contribution in [3.63, 3.8) is 0 Å². The number of aromatic nitrogens is 3. The summed E-state index contributed by atoms with van der Waals surface area (Å²) >= 11 is 14.2. The molecule has 2 aromatic carbocycles. The average molecular weight is 698 g/mol. The monoisotopic (exact) mass is 696 g/mol. The van der Waals surface area contributed by atoms with Crippen molar-refractivity contribution in [3.05, 3.63) is 105 Å². The Hall–Kier alpha value is -4.28. The fraction of sp³-hybridized carbons (Fsp3) is 0.316. The van der Waals surface area contributed by atoms with Crippen LogP contribution in [-0.4, -0.2) is 46.0 Å². The third kappa shape index (κ3) is 7.07. The van der Waals surface area contributed by atoms with Gasteiger partial charge in [-0.2, -0.15) is 0 Å². The number of hydrogen-bond donors (Lipinski definition) is 3. The smallest absolute Gasteiger partial charge is 0.258 e. The van der Waals surface area contributed by atoms with Gasteiger partial charge in [-0.1, -0.05) is 72.6 Å². The van der Waals surface area contributed by atoms with E-state index in [1.54, 1.807) is 23.8 Å². The SMILES string of the molecule is COc1nc(-c2cccc(-c3cccc(-c4ccn5c(=O)cc(CN[C@H]6C[C@@H](C)C6)nc5c4)c3Cl)c2Cl)ccc1CNC[C@@H]1CCC(=O)N1. The summed E-state index contributed by atoms with van der Waals surface area (Å²) in [4.78, 5) is 34.0. The lowest BCUT2D eigenvalue weighted by atomic mass is 9.82. The van der Waals surface area contributed by atoms with Crippen LogP contribution >= 0.6 is 23.2 Å². The molecule has 2 aliphatic rings. The molecule has 3 N–H and O–H groups in total. The van der Waals surface area contributed by atoms with E-state index in [1.807, 2.05) is 60.7 Å². The number of amides is 1. The molecule has 7 rings (SSSR count). The quantitative estimate of drug-likeness (QED) is 0.142. The zero-order valence-corrected chi connectivity index (χ0v) is 28.9. The summed E-state index contributed by atoms with van der Waals surface area (Å²) in [6.45, 7) is 4.04. The summed E-state index contributed by atoms with van der Waals surface area (Å²) in [7, 11) is 1.60. The fourth-order valence-electron chi connectivity index (χ4n) is 6.77. The van der Waals surface area contributed by atoms with E-state index in [9.17, 15) is 9.59 Å². The number of nitrogens with zero attached hydrogens (tertiary/aromatic N) is 3. The van der Waals surface area contributed by atoms with Gasteiger partial charge in [0.15, 0.2) is 0 Å². The summed E-state index contributed by atoms with van der Waals surface area (Å²) < 4.78 is 7.20. The molecule has 252 valence electrons. The van der Waals surface area contributed by atoms with Gasteiger partial charge in [-0.25, -0.2) is 9.97 Å². The van der Waals surface area contributed by atoms with Gasteiger partial charge in [0.05, 0.1) is 28.5 Å². The van der Waals surface area contributed by atoms with Crippen LogP contribution in [0, 0.1) is 5.92 Å². The first kappa shape index (κ1) is 33.2. The number of rotatable bonds is 11. The summed E-state index contributed by atoms with van der Waals surface area (Å²) in [6, 6.07) is 21.6. The van der Waals surface area contributed by atoms with Crippen molar-refractivity contribution in [2.24, 2.45) is 5.92 Å². The van der Waals surface area contributed by atoms with Gasteiger partial charge in [-0.05, 0) is 48.9 Å². The molecule has 0 spiro atoms. The Morgan fingerprint density at radius 2 is 1.65 bits per heavy atom. The summed E-state index contributed by atoms with van der Waals surface area (Å²) in [5.74, 6) is 1.34. The Morgan fingerprint density at radius 3 is 2.37 bits per heavy atom. The fourth-order valence-corrected chi connectivity index (χ4v) is 7.43. The van der Waals surface area contributed by atoms with Crippen LogP contribution in [0.25, 0.3) is 39.2 Å². The second-order valence-electron chi connectivity index (χ2n) is 13.0. The van der Waals surface area contributed by atoms with Crippen LogP contribution in [-0.2, 0) is 17.9 Å². The Labute approximate surface area is 295 Å². The number of pyridine rings is 2. The van der Waals surface area contributed by atoms with E-state index in [2.05, 4.69) is 22.9 Å². The maximum atomic E-state index is 12.9. The number of halogens is 2. The normalized spacial score (nSPS) is 18.8. The standard InChI is InChI=1S/C38H38Cl2N6O3/c1-22-15-26(16-22)42-21-27-18-35(48)46-14-13-23(17-33(46)43-27)28-5-3-6-29(36(28)39)30-7-4-8-31(37(30)40)32-11-9-24(38(45-32)49-2)19-41-20-25-10-12-34(47)44-25/h3-9,11,13-14,17-18,22,25-26,41-42H,10,12,15-16,19-21H2,1-2H3,(H,44,47)/t22-,25-,26+/m0/s1.